The smallest absolute Gasteiger partial charge is 0.328 e. The highest BCUT2D eigenvalue weighted by atomic mass is 16.5. The summed E-state index contributed by atoms with van der Waals surface area (Å²) < 4.78 is 4.87. The summed E-state index contributed by atoms with van der Waals surface area (Å²) in [7, 11) is 0. The Kier molecular flexibility index (Phi) is 8.26. The van der Waals surface area contributed by atoms with E-state index < -0.39 is 12.0 Å². The number of ether oxygens (including phenoxy) is 1. The quantitative estimate of drug-likeness (QED) is 0.605. The van der Waals surface area contributed by atoms with Gasteiger partial charge in [0, 0.05) is 17.7 Å². The van der Waals surface area contributed by atoms with Crippen molar-refractivity contribution in [1.82, 2.24) is 10.6 Å². The molecule has 1 fully saturated rings. The minimum atomic E-state index is -0.716. The lowest BCUT2D eigenvalue weighted by molar-refractivity contribution is -0.144. The van der Waals surface area contributed by atoms with Gasteiger partial charge in [-0.3, -0.25) is 9.59 Å². The summed E-state index contributed by atoms with van der Waals surface area (Å²) in [5, 5.41) is 8.78. The third-order valence-electron chi connectivity index (χ3n) is 4.66. The Morgan fingerprint density at radius 3 is 2.48 bits per heavy atom. The number of nitrogens with one attached hydrogen (secondary N) is 3. The fourth-order valence-electron chi connectivity index (χ4n) is 3.04. The van der Waals surface area contributed by atoms with E-state index in [-0.39, 0.29) is 18.4 Å². The van der Waals surface area contributed by atoms with Crippen LogP contribution in [-0.4, -0.2) is 43.5 Å². The van der Waals surface area contributed by atoms with E-state index in [4.69, 9.17) is 4.74 Å². The fourth-order valence-corrected chi connectivity index (χ4v) is 3.04. The molecular formula is C20H29N3O4. The molecule has 0 aromatic heterocycles. The van der Waals surface area contributed by atoms with Crippen molar-refractivity contribution in [3.05, 3.63) is 29.8 Å². The molecule has 1 heterocycles. The lowest BCUT2D eigenvalue weighted by Gasteiger charge is -2.22. The molecule has 0 bridgehead atoms. The summed E-state index contributed by atoms with van der Waals surface area (Å²) in [4.78, 5) is 35.8. The molecule has 1 aliphatic rings. The number of hydrogen-bond acceptors (Lipinski definition) is 5. The maximum absolute atomic E-state index is 12.2. The molecule has 1 aliphatic heterocycles. The number of anilines is 1. The van der Waals surface area contributed by atoms with Crippen molar-refractivity contribution in [2.24, 2.45) is 5.92 Å². The molecule has 1 aromatic rings. The molecule has 1 aromatic carbocycles. The van der Waals surface area contributed by atoms with Gasteiger partial charge in [0.1, 0.15) is 6.04 Å². The van der Waals surface area contributed by atoms with E-state index in [1.165, 1.54) is 0 Å². The van der Waals surface area contributed by atoms with Crippen molar-refractivity contribution in [3.63, 3.8) is 0 Å². The minimum Gasteiger partial charge on any atom is -0.464 e. The van der Waals surface area contributed by atoms with Gasteiger partial charge in [-0.2, -0.15) is 0 Å². The number of hydrogen-bond donors (Lipinski definition) is 3. The molecule has 27 heavy (non-hydrogen) atoms. The van der Waals surface area contributed by atoms with Crippen LogP contribution in [-0.2, 0) is 14.3 Å². The summed E-state index contributed by atoms with van der Waals surface area (Å²) in [6.07, 6.45) is 3.66. The van der Waals surface area contributed by atoms with Crippen LogP contribution in [0.3, 0.4) is 0 Å². The Hall–Kier alpha value is -2.41. The van der Waals surface area contributed by atoms with E-state index in [2.05, 4.69) is 16.0 Å². The standard InChI is InChI=1S/C20H29N3O4/c1-3-27-20(26)14(2)22-19(25)16-5-7-17(8-6-16)23-18(24)9-4-15-10-12-21-13-11-15/h5-8,14-15,21H,3-4,9-13H2,1-2H3,(H,22,25)(H,23,24). The molecule has 7 heteroatoms. The Labute approximate surface area is 160 Å². The van der Waals surface area contributed by atoms with Crippen molar-refractivity contribution in [2.45, 2.75) is 45.6 Å². The van der Waals surface area contributed by atoms with Gasteiger partial charge in [-0.1, -0.05) is 0 Å². The number of piperidine rings is 1. The molecule has 1 atom stereocenters. The van der Waals surface area contributed by atoms with Crippen LogP contribution in [0.4, 0.5) is 5.69 Å². The van der Waals surface area contributed by atoms with Gasteiger partial charge in [0.05, 0.1) is 6.61 Å². The first-order valence-corrected chi connectivity index (χ1v) is 9.57. The topological polar surface area (TPSA) is 96.5 Å². The van der Waals surface area contributed by atoms with Crippen LogP contribution < -0.4 is 16.0 Å². The average molecular weight is 375 g/mol. The van der Waals surface area contributed by atoms with E-state index in [0.717, 1.165) is 32.4 Å². The summed E-state index contributed by atoms with van der Waals surface area (Å²) in [6, 6.07) is 5.90. The van der Waals surface area contributed by atoms with E-state index in [1.54, 1.807) is 38.1 Å². The molecule has 7 nitrogen and oxygen atoms in total. The zero-order valence-corrected chi connectivity index (χ0v) is 16.0. The fraction of sp³-hybridized carbons (Fsp3) is 0.550. The Bertz CT molecular complexity index is 639. The Balaban J connectivity index is 1.78. The highest BCUT2D eigenvalue weighted by molar-refractivity contribution is 5.97. The van der Waals surface area contributed by atoms with Crippen LogP contribution in [0, 0.1) is 5.92 Å². The normalized spacial score (nSPS) is 15.6. The summed E-state index contributed by atoms with van der Waals surface area (Å²) in [5.74, 6) is -0.228. The van der Waals surface area contributed by atoms with Crippen molar-refractivity contribution in [1.29, 1.82) is 0 Å². The van der Waals surface area contributed by atoms with Gasteiger partial charge in [0.2, 0.25) is 5.91 Å². The van der Waals surface area contributed by atoms with Crippen LogP contribution >= 0.6 is 0 Å². The molecule has 2 amide bonds. The molecule has 1 unspecified atom stereocenters. The van der Waals surface area contributed by atoms with Gasteiger partial charge in [0.15, 0.2) is 0 Å². The SMILES string of the molecule is CCOC(=O)C(C)NC(=O)c1ccc(NC(=O)CCC2CCNCC2)cc1. The number of carbonyl (C=O) groups is 3. The third-order valence-corrected chi connectivity index (χ3v) is 4.66. The number of esters is 1. The lowest BCUT2D eigenvalue weighted by Crippen LogP contribution is -2.39. The monoisotopic (exact) mass is 375 g/mol. The summed E-state index contributed by atoms with van der Waals surface area (Å²) >= 11 is 0. The molecule has 0 saturated carbocycles. The Morgan fingerprint density at radius 2 is 1.85 bits per heavy atom. The van der Waals surface area contributed by atoms with Crippen LogP contribution in [0.2, 0.25) is 0 Å². The van der Waals surface area contributed by atoms with E-state index in [0.29, 0.717) is 23.6 Å². The predicted molar refractivity (Wildman–Crippen MR) is 103 cm³/mol. The van der Waals surface area contributed by atoms with Crippen LogP contribution in [0.25, 0.3) is 0 Å². The zero-order valence-electron chi connectivity index (χ0n) is 16.0. The number of rotatable bonds is 8. The van der Waals surface area contributed by atoms with Crippen molar-refractivity contribution < 1.29 is 19.1 Å². The highest BCUT2D eigenvalue weighted by Gasteiger charge is 2.18. The highest BCUT2D eigenvalue weighted by Crippen LogP contribution is 2.18. The predicted octanol–water partition coefficient (Wildman–Crippen LogP) is 2.09. The molecule has 148 valence electrons. The van der Waals surface area contributed by atoms with Gasteiger partial charge < -0.3 is 20.7 Å². The van der Waals surface area contributed by atoms with Gasteiger partial charge in [-0.05, 0) is 76.4 Å². The summed E-state index contributed by atoms with van der Waals surface area (Å²) in [5.41, 5.74) is 1.07. The number of amides is 2. The van der Waals surface area contributed by atoms with Crippen molar-refractivity contribution in [3.8, 4) is 0 Å². The Morgan fingerprint density at radius 1 is 1.19 bits per heavy atom. The summed E-state index contributed by atoms with van der Waals surface area (Å²) in [6.45, 7) is 5.62. The van der Waals surface area contributed by atoms with Gasteiger partial charge in [-0.15, -0.1) is 0 Å². The molecule has 1 saturated heterocycles. The largest absolute Gasteiger partial charge is 0.464 e. The first-order chi connectivity index (χ1) is 13.0. The first-order valence-electron chi connectivity index (χ1n) is 9.57. The first kappa shape index (κ1) is 20.9. The van der Waals surface area contributed by atoms with Crippen LogP contribution in [0.5, 0.6) is 0 Å². The van der Waals surface area contributed by atoms with Crippen LogP contribution in [0.1, 0.15) is 49.9 Å². The molecule has 0 radical (unpaired) electrons. The second-order valence-electron chi connectivity index (χ2n) is 6.80. The molecule has 0 aliphatic carbocycles. The number of carbonyl (C=O) groups excluding carboxylic acids is 3. The van der Waals surface area contributed by atoms with Gasteiger partial charge >= 0.3 is 5.97 Å². The van der Waals surface area contributed by atoms with E-state index >= 15 is 0 Å². The minimum absolute atomic E-state index is 0.0123. The molecule has 0 spiro atoms. The second kappa shape index (κ2) is 10.7. The third kappa shape index (κ3) is 7.02. The van der Waals surface area contributed by atoms with Gasteiger partial charge in [0.25, 0.3) is 5.91 Å². The molecule has 2 rings (SSSR count). The molecular weight excluding hydrogens is 346 g/mol. The van der Waals surface area contributed by atoms with Crippen LogP contribution in [0.15, 0.2) is 24.3 Å². The zero-order chi connectivity index (χ0) is 19.6. The maximum atomic E-state index is 12.2. The van der Waals surface area contributed by atoms with E-state index in [9.17, 15) is 14.4 Å². The van der Waals surface area contributed by atoms with E-state index in [1.807, 2.05) is 0 Å². The van der Waals surface area contributed by atoms with Crippen molar-refractivity contribution in [2.75, 3.05) is 25.0 Å². The second-order valence-corrected chi connectivity index (χ2v) is 6.80. The van der Waals surface area contributed by atoms with Gasteiger partial charge in [-0.25, -0.2) is 4.79 Å². The van der Waals surface area contributed by atoms with Crippen molar-refractivity contribution >= 4 is 23.5 Å². The molecule has 3 N–H and O–H groups in total. The lowest BCUT2D eigenvalue weighted by atomic mass is 9.93. The average Bonchev–Trinajstić information content (AvgIpc) is 2.68. The number of benzene rings is 1. The maximum Gasteiger partial charge on any atom is 0.328 e.